The van der Waals surface area contributed by atoms with E-state index < -0.39 is 35.7 Å². The van der Waals surface area contributed by atoms with Gasteiger partial charge in [-0.3, -0.25) is 14.4 Å². The molecule has 0 rings (SSSR count). The topological polar surface area (TPSA) is 89.3 Å². The maximum absolute atomic E-state index is 11.8. The number of halogens is 3. The highest BCUT2D eigenvalue weighted by Crippen LogP contribution is 2.17. The van der Waals surface area contributed by atoms with E-state index in [0.29, 0.717) is 0 Å². The van der Waals surface area contributed by atoms with Crippen LogP contribution < -0.4 is 11.1 Å². The third-order valence-electron chi connectivity index (χ3n) is 1.65. The van der Waals surface area contributed by atoms with Gasteiger partial charge in [0.1, 0.15) is 0 Å². The van der Waals surface area contributed by atoms with Crippen LogP contribution in [0.3, 0.4) is 0 Å². The van der Waals surface area contributed by atoms with Crippen molar-refractivity contribution in [3.8, 4) is 0 Å². The Labute approximate surface area is 89.2 Å². The summed E-state index contributed by atoms with van der Waals surface area (Å²) < 4.78 is 35.5. The van der Waals surface area contributed by atoms with E-state index in [4.69, 9.17) is 5.73 Å². The molecular weight excluding hydrogens is 229 g/mol. The van der Waals surface area contributed by atoms with Gasteiger partial charge in [0.2, 0.25) is 11.7 Å². The highest BCUT2D eigenvalue weighted by molar-refractivity contribution is 6.41. The van der Waals surface area contributed by atoms with Crippen LogP contribution in [0.2, 0.25) is 0 Å². The number of ketones is 2. The average molecular weight is 240 g/mol. The lowest BCUT2D eigenvalue weighted by molar-refractivity contribution is -0.175. The number of alkyl halides is 3. The van der Waals surface area contributed by atoms with Crippen LogP contribution in [0.25, 0.3) is 0 Å². The maximum Gasteiger partial charge on any atom is 0.458 e. The number of amides is 1. The van der Waals surface area contributed by atoms with E-state index in [2.05, 4.69) is 0 Å². The largest absolute Gasteiger partial charge is 0.458 e. The average Bonchev–Trinajstić information content (AvgIpc) is 2.13. The highest BCUT2D eigenvalue weighted by atomic mass is 19.4. The first-order valence-corrected chi connectivity index (χ1v) is 4.28. The van der Waals surface area contributed by atoms with Crippen LogP contribution in [0, 0.1) is 0 Å². The molecule has 0 aromatic rings. The predicted octanol–water partition coefficient (Wildman–Crippen LogP) is -0.461. The van der Waals surface area contributed by atoms with Gasteiger partial charge < -0.3 is 11.1 Å². The van der Waals surface area contributed by atoms with Gasteiger partial charge >= 0.3 is 12.0 Å². The molecule has 0 aromatic carbocycles. The van der Waals surface area contributed by atoms with Gasteiger partial charge in [0.05, 0.1) is 12.1 Å². The van der Waals surface area contributed by atoms with E-state index >= 15 is 0 Å². The van der Waals surface area contributed by atoms with Crippen molar-refractivity contribution in [3.63, 3.8) is 0 Å². The van der Waals surface area contributed by atoms with Gasteiger partial charge in [-0.25, -0.2) is 0 Å². The fraction of sp³-hybridized carbons (Fsp3) is 0.625. The van der Waals surface area contributed by atoms with Gasteiger partial charge in [-0.15, -0.1) is 0 Å². The molecule has 0 radical (unpaired) electrons. The van der Waals surface area contributed by atoms with Crippen molar-refractivity contribution in [2.45, 2.75) is 32.1 Å². The second-order valence-electron chi connectivity index (χ2n) is 3.21. The molecule has 0 spiro atoms. The predicted molar refractivity (Wildman–Crippen MR) is 47.3 cm³/mol. The summed E-state index contributed by atoms with van der Waals surface area (Å²) >= 11 is 0. The van der Waals surface area contributed by atoms with Crippen molar-refractivity contribution < 1.29 is 27.6 Å². The van der Waals surface area contributed by atoms with Gasteiger partial charge in [0.25, 0.3) is 0 Å². The van der Waals surface area contributed by atoms with E-state index in [1.165, 1.54) is 6.92 Å². The molecular formula is C8H11F3N2O3. The van der Waals surface area contributed by atoms with Crippen molar-refractivity contribution in [1.82, 2.24) is 5.32 Å². The second-order valence-corrected chi connectivity index (χ2v) is 3.21. The molecule has 0 aromatic heterocycles. The Bertz CT molecular complexity index is 312. The van der Waals surface area contributed by atoms with Gasteiger partial charge in [0.15, 0.2) is 0 Å². The number of rotatable bonds is 4. The molecule has 3 N–H and O–H groups in total. The zero-order valence-corrected chi connectivity index (χ0v) is 8.59. The summed E-state index contributed by atoms with van der Waals surface area (Å²) in [4.78, 5) is 32.4. The standard InChI is InChI=1S/C8H11F3N2O3/c1-3(12)7(16)13-4(2)5(14)6(15)8(9,10)11/h3-4H,12H2,1-2H3,(H,13,16)/t3-,4?/m0/s1. The molecule has 16 heavy (non-hydrogen) atoms. The Hall–Kier alpha value is -1.44. The van der Waals surface area contributed by atoms with Crippen LogP contribution >= 0.6 is 0 Å². The summed E-state index contributed by atoms with van der Waals surface area (Å²) in [7, 11) is 0. The molecule has 92 valence electrons. The van der Waals surface area contributed by atoms with Crippen molar-refractivity contribution in [2.75, 3.05) is 0 Å². The van der Waals surface area contributed by atoms with E-state index in [1.54, 1.807) is 0 Å². The number of Topliss-reactive ketones (excluding diaryl/α,β-unsaturated/α-hetero) is 2. The number of nitrogens with two attached hydrogens (primary N) is 1. The fourth-order valence-electron chi connectivity index (χ4n) is 0.747. The summed E-state index contributed by atoms with van der Waals surface area (Å²) in [6.45, 7) is 2.27. The molecule has 0 bridgehead atoms. The Balaban J connectivity index is 4.53. The number of carbonyl (C=O) groups is 3. The minimum Gasteiger partial charge on any atom is -0.345 e. The van der Waals surface area contributed by atoms with E-state index in [-0.39, 0.29) is 0 Å². The minimum absolute atomic E-state index is 0.809. The first-order valence-electron chi connectivity index (χ1n) is 4.28. The molecule has 1 unspecified atom stereocenters. The summed E-state index contributed by atoms with van der Waals surface area (Å²) in [5.74, 6) is -5.03. The number of carbonyl (C=O) groups excluding carboxylic acids is 3. The molecule has 0 aliphatic heterocycles. The van der Waals surface area contributed by atoms with Crippen molar-refractivity contribution in [2.24, 2.45) is 5.73 Å². The smallest absolute Gasteiger partial charge is 0.345 e. The molecule has 1 amide bonds. The van der Waals surface area contributed by atoms with Crippen LogP contribution in [0.1, 0.15) is 13.8 Å². The molecule has 0 aliphatic carbocycles. The minimum atomic E-state index is -5.23. The third-order valence-corrected chi connectivity index (χ3v) is 1.65. The lowest BCUT2D eigenvalue weighted by Gasteiger charge is -2.14. The summed E-state index contributed by atoms with van der Waals surface area (Å²) in [5, 5.41) is 1.90. The van der Waals surface area contributed by atoms with Crippen LogP contribution in [0.5, 0.6) is 0 Å². The number of nitrogens with one attached hydrogen (secondary N) is 1. The van der Waals surface area contributed by atoms with E-state index in [1.807, 2.05) is 5.32 Å². The van der Waals surface area contributed by atoms with Crippen molar-refractivity contribution in [1.29, 1.82) is 0 Å². The molecule has 8 heteroatoms. The Morgan fingerprint density at radius 1 is 1.19 bits per heavy atom. The first-order chi connectivity index (χ1) is 7.07. The van der Waals surface area contributed by atoms with Gasteiger partial charge in [-0.05, 0) is 13.8 Å². The zero-order chi connectivity index (χ0) is 13.1. The zero-order valence-electron chi connectivity index (χ0n) is 8.59. The highest BCUT2D eigenvalue weighted by Gasteiger charge is 2.45. The fourth-order valence-corrected chi connectivity index (χ4v) is 0.747. The monoisotopic (exact) mass is 240 g/mol. The number of hydrogen-bond acceptors (Lipinski definition) is 4. The molecule has 0 aliphatic rings. The van der Waals surface area contributed by atoms with Crippen LogP contribution in [0.4, 0.5) is 13.2 Å². The maximum atomic E-state index is 11.8. The van der Waals surface area contributed by atoms with E-state index in [0.717, 1.165) is 6.92 Å². The Morgan fingerprint density at radius 2 is 1.62 bits per heavy atom. The molecule has 0 saturated heterocycles. The van der Waals surface area contributed by atoms with Gasteiger partial charge in [0, 0.05) is 0 Å². The third kappa shape index (κ3) is 3.97. The quantitative estimate of drug-likeness (QED) is 0.650. The van der Waals surface area contributed by atoms with Crippen molar-refractivity contribution >= 4 is 17.5 Å². The lowest BCUT2D eigenvalue weighted by atomic mass is 10.1. The lowest BCUT2D eigenvalue weighted by Crippen LogP contribution is -2.49. The summed E-state index contributed by atoms with van der Waals surface area (Å²) in [6.07, 6.45) is -5.23. The van der Waals surface area contributed by atoms with E-state index in [9.17, 15) is 27.6 Å². The Morgan fingerprint density at radius 3 is 1.94 bits per heavy atom. The van der Waals surface area contributed by atoms with Crippen LogP contribution in [0.15, 0.2) is 0 Å². The SMILES string of the molecule is CC(NC(=O)[C@H](C)N)C(=O)C(=O)C(F)(F)F. The molecule has 5 nitrogen and oxygen atoms in total. The van der Waals surface area contributed by atoms with Crippen LogP contribution in [-0.2, 0) is 14.4 Å². The summed E-state index contributed by atoms with van der Waals surface area (Å²) in [5.41, 5.74) is 5.12. The molecule has 2 atom stereocenters. The molecule has 0 saturated carbocycles. The Kier molecular flexibility index (Phi) is 4.61. The number of hydrogen-bond donors (Lipinski definition) is 2. The summed E-state index contributed by atoms with van der Waals surface area (Å²) in [6, 6.07) is -2.52. The van der Waals surface area contributed by atoms with Crippen molar-refractivity contribution in [3.05, 3.63) is 0 Å². The van der Waals surface area contributed by atoms with Gasteiger partial charge in [-0.2, -0.15) is 13.2 Å². The normalized spacial score (nSPS) is 15.1. The first kappa shape index (κ1) is 14.6. The molecule has 0 heterocycles. The molecule has 0 fully saturated rings. The second kappa shape index (κ2) is 5.06. The van der Waals surface area contributed by atoms with Crippen LogP contribution in [-0.4, -0.2) is 35.7 Å². The van der Waals surface area contributed by atoms with Gasteiger partial charge in [-0.1, -0.05) is 0 Å².